The van der Waals surface area contributed by atoms with Gasteiger partial charge >= 0.3 is 37.7 Å². The molecular formula is C28H56CaN2O14S4. The van der Waals surface area contributed by atoms with Crippen LogP contribution in [0.3, 0.4) is 0 Å². The summed E-state index contributed by atoms with van der Waals surface area (Å²) in [5.74, 6) is -3.84. The van der Waals surface area contributed by atoms with E-state index >= 15 is 0 Å². The van der Waals surface area contributed by atoms with Crippen LogP contribution in [-0.4, -0.2) is 135 Å². The van der Waals surface area contributed by atoms with Gasteiger partial charge in [-0.15, -0.1) is 0 Å². The van der Waals surface area contributed by atoms with Crippen LogP contribution in [-0.2, 0) is 50.4 Å². The number of hydrogen-bond donors (Lipinski definition) is 2. The summed E-state index contributed by atoms with van der Waals surface area (Å²) in [5.41, 5.74) is 0. The number of rotatable bonds is 28. The third-order valence-corrected chi connectivity index (χ3v) is 10.4. The molecule has 49 heavy (non-hydrogen) atoms. The van der Waals surface area contributed by atoms with E-state index in [2.05, 4.69) is 13.8 Å². The fourth-order valence-corrected chi connectivity index (χ4v) is 6.91. The summed E-state index contributed by atoms with van der Waals surface area (Å²) in [4.78, 5) is 23.6. The largest absolute Gasteiger partial charge is 2.00 e. The van der Waals surface area contributed by atoms with Gasteiger partial charge in [0.25, 0.3) is 20.2 Å². The van der Waals surface area contributed by atoms with Gasteiger partial charge in [0.1, 0.15) is 0 Å². The molecule has 0 unspecified atom stereocenters. The number of nitrogens with zero attached hydrogens (tertiary/aromatic N) is 2. The van der Waals surface area contributed by atoms with Crippen LogP contribution in [0.1, 0.15) is 142 Å². The molecule has 21 heteroatoms. The maximum absolute atomic E-state index is 11.8. The average Bonchev–Trinajstić information content (AvgIpc) is 2.93. The van der Waals surface area contributed by atoms with E-state index in [1.165, 1.54) is 51.4 Å². The number of carbonyl (C=O) groups is 2. The van der Waals surface area contributed by atoms with Crippen molar-refractivity contribution in [3.8, 4) is 0 Å². The fraction of sp³-hybridized carbons (Fsp3) is 0.929. The molecule has 0 bridgehead atoms. The van der Waals surface area contributed by atoms with E-state index in [4.69, 9.17) is 9.11 Å². The Morgan fingerprint density at radius 3 is 0.898 bits per heavy atom. The Bertz CT molecular complexity index is 1220. The zero-order valence-electron chi connectivity index (χ0n) is 29.0. The molecule has 288 valence electrons. The molecule has 0 saturated carbocycles. The first-order valence-electron chi connectivity index (χ1n) is 16.6. The summed E-state index contributed by atoms with van der Waals surface area (Å²) in [6.07, 6.45) is 17.9. The molecule has 0 aliphatic heterocycles. The van der Waals surface area contributed by atoms with Crippen molar-refractivity contribution in [1.82, 2.24) is 8.61 Å². The minimum absolute atomic E-state index is 0. The van der Waals surface area contributed by atoms with Crippen LogP contribution >= 0.6 is 0 Å². The quantitative estimate of drug-likeness (QED) is 0.0647. The Morgan fingerprint density at radius 2 is 0.694 bits per heavy atom. The second-order valence-corrected chi connectivity index (χ2v) is 17.3. The first-order valence-corrected chi connectivity index (χ1v) is 22.5. The van der Waals surface area contributed by atoms with Crippen LogP contribution in [0, 0.1) is 0 Å². The Morgan fingerprint density at radius 1 is 0.469 bits per heavy atom. The number of carbonyl (C=O) groups excluding carboxylic acids is 2. The Hall–Kier alpha value is -0.160. The minimum atomic E-state index is -5.09. The van der Waals surface area contributed by atoms with Crippen molar-refractivity contribution in [2.75, 3.05) is 24.6 Å². The summed E-state index contributed by atoms with van der Waals surface area (Å²) < 4.78 is 126. The standard InChI is InChI=1S/2C14H29NO7S2.Ca/c2*1-2-3-4-5-6-7-8-9-10-11-14(16)15(24(20,21)22)12-13-23(17,18)19;/h2*2-13H2,1H3,(H,17,18,19)(H,20,21,22);/q;;+2/p-2. The van der Waals surface area contributed by atoms with Crippen molar-refractivity contribution in [3.63, 3.8) is 0 Å². The van der Waals surface area contributed by atoms with Crippen molar-refractivity contribution >= 4 is 90.4 Å². The molecule has 2 amide bonds. The van der Waals surface area contributed by atoms with E-state index < -0.39 is 77.3 Å². The zero-order valence-corrected chi connectivity index (χ0v) is 34.5. The van der Waals surface area contributed by atoms with Gasteiger partial charge in [-0.1, -0.05) is 117 Å². The van der Waals surface area contributed by atoms with Crippen LogP contribution in [0.4, 0.5) is 0 Å². The average molecular weight is 813 g/mol. The fourth-order valence-electron chi connectivity index (χ4n) is 4.54. The normalized spacial score (nSPS) is 12.0. The van der Waals surface area contributed by atoms with Crippen LogP contribution in [0.25, 0.3) is 0 Å². The van der Waals surface area contributed by atoms with E-state index in [1.54, 1.807) is 0 Å². The number of hydrogen-bond acceptors (Lipinski definition) is 12. The maximum Gasteiger partial charge on any atom is 2.00 e. The molecule has 0 spiro atoms. The number of amides is 2. The predicted molar refractivity (Wildman–Crippen MR) is 185 cm³/mol. The molecule has 16 nitrogen and oxygen atoms in total. The van der Waals surface area contributed by atoms with Gasteiger partial charge in [0, 0.05) is 12.8 Å². The molecule has 0 rings (SSSR count). The SMILES string of the molecule is CCCCCCCCCCCC(=O)N(CCS(=O)(=O)O)S(=O)(=O)[O-].CCCCCCCCCCCC(=O)N(CCS(=O)(=O)O)S(=O)(=O)[O-].[Ca+2]. The molecule has 0 aromatic rings. The first kappa shape index (κ1) is 53.2. The van der Waals surface area contributed by atoms with Gasteiger partial charge < -0.3 is 9.11 Å². The summed E-state index contributed by atoms with van der Waals surface area (Å²) in [5, 5.41) is 0. The van der Waals surface area contributed by atoms with Crippen molar-refractivity contribution in [3.05, 3.63) is 0 Å². The van der Waals surface area contributed by atoms with Crippen LogP contribution < -0.4 is 0 Å². The molecule has 0 aromatic heterocycles. The van der Waals surface area contributed by atoms with E-state index in [0.29, 0.717) is 12.8 Å². The molecule has 2 N–H and O–H groups in total. The third kappa shape index (κ3) is 34.7. The molecule has 0 heterocycles. The minimum Gasteiger partial charge on any atom is -0.731 e. The molecule has 0 fully saturated rings. The van der Waals surface area contributed by atoms with E-state index in [0.717, 1.165) is 51.4 Å². The molecular weight excluding hydrogens is 757 g/mol. The second kappa shape index (κ2) is 29.3. The topological polar surface area (TPSA) is 264 Å². The zero-order chi connectivity index (χ0) is 37.3. The first-order chi connectivity index (χ1) is 22.2. The van der Waals surface area contributed by atoms with Crippen molar-refractivity contribution < 1.29 is 61.5 Å². The number of unbranched alkanes of at least 4 members (excludes halogenated alkanes) is 16. The van der Waals surface area contributed by atoms with Crippen molar-refractivity contribution in [2.45, 2.75) is 142 Å². The van der Waals surface area contributed by atoms with Gasteiger partial charge in [-0.05, 0) is 12.8 Å². The van der Waals surface area contributed by atoms with Crippen LogP contribution in [0.2, 0.25) is 0 Å². The van der Waals surface area contributed by atoms with E-state index in [-0.39, 0.29) is 59.2 Å². The Labute approximate surface area is 324 Å². The molecule has 0 atom stereocenters. The summed E-state index contributed by atoms with van der Waals surface area (Å²) in [6.45, 7) is 2.58. The molecule has 0 saturated heterocycles. The second-order valence-electron chi connectivity index (χ2n) is 11.6. The summed E-state index contributed by atoms with van der Waals surface area (Å²) in [7, 11) is -19.1. The van der Waals surface area contributed by atoms with Crippen LogP contribution in [0.15, 0.2) is 0 Å². The predicted octanol–water partition coefficient (Wildman–Crippen LogP) is 3.79. The van der Waals surface area contributed by atoms with Gasteiger partial charge in [0.05, 0.1) is 24.6 Å². The van der Waals surface area contributed by atoms with Crippen molar-refractivity contribution in [1.29, 1.82) is 0 Å². The smallest absolute Gasteiger partial charge is 0.731 e. The van der Waals surface area contributed by atoms with Gasteiger partial charge in [-0.25, -0.2) is 25.4 Å². The van der Waals surface area contributed by atoms with Crippen molar-refractivity contribution in [2.24, 2.45) is 0 Å². The molecule has 0 radical (unpaired) electrons. The Balaban J connectivity index is -0.000000846. The van der Waals surface area contributed by atoms with E-state index in [1.807, 2.05) is 0 Å². The van der Waals surface area contributed by atoms with Gasteiger partial charge in [-0.2, -0.15) is 16.8 Å². The monoisotopic (exact) mass is 812 g/mol. The summed E-state index contributed by atoms with van der Waals surface area (Å²) >= 11 is 0. The Kier molecular flexibility index (Phi) is 31.8. The maximum atomic E-state index is 11.8. The van der Waals surface area contributed by atoms with Crippen LogP contribution in [0.5, 0.6) is 0 Å². The van der Waals surface area contributed by atoms with Gasteiger partial charge in [0.15, 0.2) is 20.6 Å². The van der Waals surface area contributed by atoms with Gasteiger partial charge in [-0.3, -0.25) is 18.7 Å². The molecule has 0 aliphatic carbocycles. The molecule has 0 aromatic carbocycles. The summed E-state index contributed by atoms with van der Waals surface area (Å²) in [6, 6.07) is 0. The third-order valence-electron chi connectivity index (χ3n) is 7.19. The van der Waals surface area contributed by atoms with E-state index in [9.17, 15) is 52.4 Å². The molecule has 0 aliphatic rings. The van der Waals surface area contributed by atoms with Gasteiger partial charge in [0.2, 0.25) is 11.8 Å².